The van der Waals surface area contributed by atoms with E-state index in [2.05, 4.69) is 23.5 Å². The summed E-state index contributed by atoms with van der Waals surface area (Å²) in [5.74, 6) is -0.135. The lowest BCUT2D eigenvalue weighted by Crippen LogP contribution is -2.38. The summed E-state index contributed by atoms with van der Waals surface area (Å²) in [7, 11) is -3.48. The highest BCUT2D eigenvalue weighted by atomic mass is 32.2. The Hall–Kier alpha value is -1.64. The Morgan fingerprint density at radius 1 is 1.39 bits per heavy atom. The molecule has 2 heterocycles. The Kier molecular flexibility index (Phi) is 4.56. The predicted molar refractivity (Wildman–Crippen MR) is 91.7 cm³/mol. The number of hydrogen-bond acceptors (Lipinski definition) is 4. The average Bonchev–Trinajstić information content (AvgIpc) is 3.11. The van der Waals surface area contributed by atoms with Crippen LogP contribution in [-0.2, 0) is 16.6 Å². The van der Waals surface area contributed by atoms with E-state index in [1.807, 2.05) is 11.4 Å². The number of nitrogens with one attached hydrogen (secondary N) is 1. The maximum absolute atomic E-state index is 12.2. The zero-order valence-corrected chi connectivity index (χ0v) is 14.2. The van der Waals surface area contributed by atoms with E-state index >= 15 is 0 Å². The maximum Gasteiger partial charge on any atom is 0.317 e. The van der Waals surface area contributed by atoms with E-state index in [9.17, 15) is 13.2 Å². The smallest absolute Gasteiger partial charge is 0.317 e. The third kappa shape index (κ3) is 4.21. The number of fused-ring (bicyclic) bond motifs is 1. The molecule has 124 valence electrons. The number of likely N-dealkylation sites (tertiary alicyclic amines) is 1. The molecule has 0 saturated carbocycles. The second-order valence-corrected chi connectivity index (χ2v) is 8.49. The van der Waals surface area contributed by atoms with Crippen molar-refractivity contribution in [1.29, 1.82) is 0 Å². The molecule has 6 nitrogen and oxygen atoms in total. The first-order valence-corrected chi connectivity index (χ1v) is 9.99. The monoisotopic (exact) mass is 353 g/mol. The number of sulfonamides is 1. The molecule has 1 aromatic heterocycles. The van der Waals surface area contributed by atoms with Crippen LogP contribution in [0.1, 0.15) is 12.0 Å². The summed E-state index contributed by atoms with van der Waals surface area (Å²) in [6.07, 6.45) is 0.671. The van der Waals surface area contributed by atoms with Gasteiger partial charge in [0.05, 0.1) is 5.75 Å². The molecular formula is C15H19N3O3S2. The van der Waals surface area contributed by atoms with Crippen LogP contribution in [0.4, 0.5) is 4.79 Å². The van der Waals surface area contributed by atoms with Gasteiger partial charge < -0.3 is 10.2 Å². The topological polar surface area (TPSA) is 92.5 Å². The number of carbonyl (C=O) groups is 1. The average molecular weight is 353 g/mol. The minimum atomic E-state index is -3.48. The zero-order chi connectivity index (χ0) is 16.4. The van der Waals surface area contributed by atoms with Crippen LogP contribution in [0, 0.1) is 5.92 Å². The van der Waals surface area contributed by atoms with Crippen molar-refractivity contribution in [3.05, 3.63) is 35.2 Å². The van der Waals surface area contributed by atoms with Crippen molar-refractivity contribution in [2.24, 2.45) is 11.1 Å². The van der Waals surface area contributed by atoms with E-state index in [1.165, 1.54) is 10.1 Å². The number of benzene rings is 1. The lowest BCUT2D eigenvalue weighted by atomic mass is 10.2. The number of nitrogens with zero attached hydrogens (tertiary/aromatic N) is 1. The van der Waals surface area contributed by atoms with Crippen LogP contribution in [0.15, 0.2) is 29.6 Å². The Bertz CT molecular complexity index is 816. The number of rotatable bonds is 4. The molecule has 8 heteroatoms. The van der Waals surface area contributed by atoms with Gasteiger partial charge in [-0.15, -0.1) is 11.3 Å². The van der Waals surface area contributed by atoms with Crippen molar-refractivity contribution < 1.29 is 13.2 Å². The van der Waals surface area contributed by atoms with Crippen molar-refractivity contribution in [1.82, 2.24) is 10.2 Å². The minimum Gasteiger partial charge on any atom is -0.334 e. The molecular weight excluding hydrogens is 334 g/mol. The van der Waals surface area contributed by atoms with Crippen molar-refractivity contribution in [2.75, 3.05) is 18.8 Å². The summed E-state index contributed by atoms with van der Waals surface area (Å²) in [6, 6.07) is 8.03. The number of urea groups is 1. The van der Waals surface area contributed by atoms with Gasteiger partial charge in [0.2, 0.25) is 10.0 Å². The lowest BCUT2D eigenvalue weighted by molar-refractivity contribution is 0.207. The molecule has 0 bridgehead atoms. The third-order valence-electron chi connectivity index (χ3n) is 4.00. The molecule has 1 unspecified atom stereocenters. The number of hydrogen-bond donors (Lipinski definition) is 2. The van der Waals surface area contributed by atoms with Crippen molar-refractivity contribution in [2.45, 2.75) is 13.0 Å². The van der Waals surface area contributed by atoms with Gasteiger partial charge in [0.15, 0.2) is 0 Å². The highest BCUT2D eigenvalue weighted by molar-refractivity contribution is 7.89. The van der Waals surface area contributed by atoms with Gasteiger partial charge in [-0.2, -0.15) is 0 Å². The molecule has 23 heavy (non-hydrogen) atoms. The van der Waals surface area contributed by atoms with Gasteiger partial charge >= 0.3 is 6.03 Å². The maximum atomic E-state index is 12.2. The summed E-state index contributed by atoms with van der Waals surface area (Å²) in [4.78, 5) is 13.8. The molecule has 1 fully saturated rings. The van der Waals surface area contributed by atoms with Crippen molar-refractivity contribution in [3.63, 3.8) is 0 Å². The molecule has 1 aromatic carbocycles. The van der Waals surface area contributed by atoms with E-state index in [1.54, 1.807) is 16.2 Å². The van der Waals surface area contributed by atoms with Gasteiger partial charge in [-0.3, -0.25) is 0 Å². The molecule has 1 aliphatic heterocycles. The molecule has 2 amide bonds. The van der Waals surface area contributed by atoms with Crippen LogP contribution in [0.25, 0.3) is 10.1 Å². The lowest BCUT2D eigenvalue weighted by Gasteiger charge is -2.17. The Balaban J connectivity index is 1.53. The van der Waals surface area contributed by atoms with Crippen LogP contribution in [0.3, 0.4) is 0 Å². The van der Waals surface area contributed by atoms with E-state index in [4.69, 9.17) is 5.14 Å². The third-order valence-corrected chi connectivity index (χ3v) is 5.84. The normalized spacial score (nSPS) is 18.5. The molecule has 0 aliphatic carbocycles. The minimum absolute atomic E-state index is 0.0639. The molecule has 2 aromatic rings. The van der Waals surface area contributed by atoms with Crippen LogP contribution < -0.4 is 10.5 Å². The van der Waals surface area contributed by atoms with Gasteiger partial charge in [0.25, 0.3) is 0 Å². The van der Waals surface area contributed by atoms with Crippen LogP contribution in [-0.4, -0.2) is 38.2 Å². The summed E-state index contributed by atoms with van der Waals surface area (Å²) in [6.45, 7) is 1.46. The predicted octanol–water partition coefficient (Wildman–Crippen LogP) is 1.72. The van der Waals surface area contributed by atoms with Gasteiger partial charge in [-0.25, -0.2) is 18.4 Å². The fourth-order valence-corrected chi connectivity index (χ4v) is 4.60. The summed E-state index contributed by atoms with van der Waals surface area (Å²) >= 11 is 1.69. The molecule has 3 rings (SSSR count). The number of amides is 2. The SMILES string of the molecule is NS(=O)(=O)CC1CCN(C(=O)NCc2ccc3sccc3c2)C1. The first kappa shape index (κ1) is 16.2. The largest absolute Gasteiger partial charge is 0.334 e. The van der Waals surface area contributed by atoms with E-state index in [0.717, 1.165) is 5.56 Å². The first-order valence-electron chi connectivity index (χ1n) is 7.40. The Morgan fingerprint density at radius 3 is 3.00 bits per heavy atom. The van der Waals surface area contributed by atoms with Gasteiger partial charge in [0, 0.05) is 24.3 Å². The molecule has 0 spiro atoms. The zero-order valence-electron chi connectivity index (χ0n) is 12.6. The Labute approximate surface area is 139 Å². The van der Waals surface area contributed by atoms with Crippen LogP contribution >= 0.6 is 11.3 Å². The number of carbonyl (C=O) groups excluding carboxylic acids is 1. The fraction of sp³-hybridized carbons (Fsp3) is 0.400. The number of thiophene rings is 1. The molecule has 0 radical (unpaired) electrons. The van der Waals surface area contributed by atoms with E-state index in [0.29, 0.717) is 26.1 Å². The number of nitrogens with two attached hydrogens (primary N) is 1. The quantitative estimate of drug-likeness (QED) is 0.876. The second-order valence-electron chi connectivity index (χ2n) is 5.88. The molecule has 1 atom stereocenters. The first-order chi connectivity index (χ1) is 10.9. The van der Waals surface area contributed by atoms with Crippen LogP contribution in [0.5, 0.6) is 0 Å². The molecule has 3 N–H and O–H groups in total. The highest BCUT2D eigenvalue weighted by Crippen LogP contribution is 2.22. The standard InChI is InChI=1S/C15H19N3O3S2/c16-23(20,21)10-12-3-5-18(9-12)15(19)17-8-11-1-2-14-13(7-11)4-6-22-14/h1-2,4,6-7,12H,3,5,8-10H2,(H,17,19)(H2,16,20,21). The summed E-state index contributed by atoms with van der Waals surface area (Å²) in [5, 5.41) is 11.2. The number of primary sulfonamides is 1. The highest BCUT2D eigenvalue weighted by Gasteiger charge is 2.28. The van der Waals surface area contributed by atoms with E-state index < -0.39 is 10.0 Å². The second kappa shape index (κ2) is 6.46. The van der Waals surface area contributed by atoms with Crippen molar-refractivity contribution in [3.8, 4) is 0 Å². The van der Waals surface area contributed by atoms with Gasteiger partial charge in [0.1, 0.15) is 0 Å². The summed E-state index contributed by atoms with van der Waals surface area (Å²) in [5.41, 5.74) is 1.05. The van der Waals surface area contributed by atoms with Gasteiger partial charge in [-0.05, 0) is 46.9 Å². The van der Waals surface area contributed by atoms with Gasteiger partial charge in [-0.1, -0.05) is 6.07 Å². The van der Waals surface area contributed by atoms with E-state index in [-0.39, 0.29) is 17.7 Å². The van der Waals surface area contributed by atoms with Crippen LogP contribution in [0.2, 0.25) is 0 Å². The molecule has 1 saturated heterocycles. The fourth-order valence-electron chi connectivity index (χ4n) is 2.90. The molecule has 1 aliphatic rings. The Morgan fingerprint density at radius 2 is 2.22 bits per heavy atom. The summed E-state index contributed by atoms with van der Waals surface area (Å²) < 4.78 is 23.5. The van der Waals surface area contributed by atoms with Crippen molar-refractivity contribution >= 4 is 37.5 Å².